The van der Waals surface area contributed by atoms with Crippen LogP contribution in [0.5, 0.6) is 5.75 Å². The molecule has 0 saturated heterocycles. The molecule has 5 nitrogen and oxygen atoms in total. The summed E-state index contributed by atoms with van der Waals surface area (Å²) in [6.45, 7) is 0. The van der Waals surface area contributed by atoms with Crippen molar-refractivity contribution in [1.82, 2.24) is 9.97 Å². The summed E-state index contributed by atoms with van der Waals surface area (Å²) < 4.78 is 65.7. The lowest BCUT2D eigenvalue weighted by Gasteiger charge is -2.15. The van der Waals surface area contributed by atoms with Crippen molar-refractivity contribution in [3.63, 3.8) is 0 Å². The van der Waals surface area contributed by atoms with Crippen LogP contribution in [-0.4, -0.2) is 23.9 Å². The SMILES string of the molecule is O=S(=O)(Oc1ccc(-c2ccc(-c3cnc(C4CCCC4)[nH]3)cc2)c2c1CCC2)C(F)(F)F. The molecule has 0 aliphatic heterocycles. The van der Waals surface area contributed by atoms with Crippen LogP contribution < -0.4 is 4.18 Å². The minimum absolute atomic E-state index is 0.239. The summed E-state index contributed by atoms with van der Waals surface area (Å²) in [5.74, 6) is 1.30. The molecule has 3 aromatic rings. The molecule has 9 heteroatoms. The van der Waals surface area contributed by atoms with E-state index in [1.165, 1.54) is 31.7 Å². The molecule has 174 valence electrons. The Morgan fingerprint density at radius 2 is 1.58 bits per heavy atom. The summed E-state index contributed by atoms with van der Waals surface area (Å²) in [7, 11) is -5.70. The fraction of sp³-hybridized carbons (Fsp3) is 0.375. The Labute approximate surface area is 190 Å². The van der Waals surface area contributed by atoms with Gasteiger partial charge >= 0.3 is 15.6 Å². The smallest absolute Gasteiger partial charge is 0.376 e. The predicted molar refractivity (Wildman–Crippen MR) is 118 cm³/mol. The monoisotopic (exact) mass is 476 g/mol. The second kappa shape index (κ2) is 8.20. The van der Waals surface area contributed by atoms with Crippen molar-refractivity contribution in [1.29, 1.82) is 0 Å². The number of hydrogen-bond acceptors (Lipinski definition) is 4. The van der Waals surface area contributed by atoms with Gasteiger partial charge in [-0.2, -0.15) is 21.6 Å². The van der Waals surface area contributed by atoms with Crippen LogP contribution in [-0.2, 0) is 23.0 Å². The number of rotatable bonds is 5. The highest BCUT2D eigenvalue weighted by Gasteiger charge is 2.49. The third-order valence-electron chi connectivity index (χ3n) is 6.57. The summed E-state index contributed by atoms with van der Waals surface area (Å²) in [6.07, 6.45) is 8.53. The van der Waals surface area contributed by atoms with Gasteiger partial charge in [0.05, 0.1) is 11.9 Å². The zero-order chi connectivity index (χ0) is 23.2. The first-order chi connectivity index (χ1) is 15.7. The average molecular weight is 477 g/mol. The van der Waals surface area contributed by atoms with Crippen LogP contribution in [0.4, 0.5) is 13.2 Å². The number of nitrogens with one attached hydrogen (secondary N) is 1. The topological polar surface area (TPSA) is 72.1 Å². The zero-order valence-corrected chi connectivity index (χ0v) is 18.6. The van der Waals surface area contributed by atoms with Crippen molar-refractivity contribution in [2.45, 2.75) is 56.4 Å². The van der Waals surface area contributed by atoms with Crippen LogP contribution >= 0.6 is 0 Å². The number of fused-ring (bicyclic) bond motifs is 1. The average Bonchev–Trinajstić information content (AvgIpc) is 3.54. The van der Waals surface area contributed by atoms with Crippen molar-refractivity contribution in [2.75, 3.05) is 0 Å². The summed E-state index contributed by atoms with van der Waals surface area (Å²) in [6, 6.07) is 10.9. The molecule has 0 atom stereocenters. The van der Waals surface area contributed by atoms with Gasteiger partial charge in [-0.3, -0.25) is 0 Å². The third kappa shape index (κ3) is 4.14. The Morgan fingerprint density at radius 3 is 2.27 bits per heavy atom. The van der Waals surface area contributed by atoms with Crippen LogP contribution in [0, 0.1) is 0 Å². The van der Waals surface area contributed by atoms with Gasteiger partial charge in [0, 0.05) is 5.92 Å². The standard InChI is InChI=1S/C24H23F3N2O3S/c25-24(26,27)33(30,31)32-22-13-12-18(19-6-3-7-20(19)22)15-8-10-16(11-9-15)21-14-28-23(29-21)17-4-1-2-5-17/h8-14,17H,1-7H2,(H,28,29). The highest BCUT2D eigenvalue weighted by atomic mass is 32.2. The summed E-state index contributed by atoms with van der Waals surface area (Å²) in [5.41, 5.74) is -0.350. The fourth-order valence-electron chi connectivity index (χ4n) is 4.91. The van der Waals surface area contributed by atoms with E-state index in [0.717, 1.165) is 40.2 Å². The summed E-state index contributed by atoms with van der Waals surface area (Å²) >= 11 is 0. The second-order valence-corrected chi connectivity index (χ2v) is 10.2. The first kappa shape index (κ1) is 22.0. The van der Waals surface area contributed by atoms with Crippen molar-refractivity contribution < 1.29 is 25.8 Å². The Hall–Kier alpha value is -2.81. The van der Waals surface area contributed by atoms with E-state index in [9.17, 15) is 21.6 Å². The number of nitrogens with zero attached hydrogens (tertiary/aromatic N) is 1. The molecule has 0 bridgehead atoms. The number of halogens is 3. The molecule has 1 fully saturated rings. The van der Waals surface area contributed by atoms with E-state index in [1.54, 1.807) is 6.07 Å². The van der Waals surface area contributed by atoms with Crippen molar-refractivity contribution in [3.8, 4) is 28.1 Å². The number of H-pyrrole nitrogens is 1. The van der Waals surface area contributed by atoms with Crippen molar-refractivity contribution in [2.24, 2.45) is 0 Å². The summed E-state index contributed by atoms with van der Waals surface area (Å²) in [4.78, 5) is 8.00. The van der Waals surface area contributed by atoms with Gasteiger partial charge in [-0.05, 0) is 66.0 Å². The normalized spacial score (nSPS) is 16.8. The Bertz CT molecular complexity index is 1280. The van der Waals surface area contributed by atoms with Gasteiger partial charge in [0.1, 0.15) is 11.6 Å². The molecule has 0 unspecified atom stereocenters. The van der Waals surface area contributed by atoms with E-state index in [1.807, 2.05) is 30.5 Å². The first-order valence-electron chi connectivity index (χ1n) is 11.0. The van der Waals surface area contributed by atoms with Crippen LogP contribution in [0.2, 0.25) is 0 Å². The van der Waals surface area contributed by atoms with Crippen molar-refractivity contribution >= 4 is 10.1 Å². The number of benzene rings is 2. The third-order valence-corrected chi connectivity index (χ3v) is 7.53. The number of imidazole rings is 1. The van der Waals surface area contributed by atoms with Crippen LogP contribution in [0.3, 0.4) is 0 Å². The lowest BCUT2D eigenvalue weighted by atomic mass is 9.95. The molecule has 2 aliphatic carbocycles. The second-order valence-electron chi connectivity index (χ2n) is 8.65. The van der Waals surface area contributed by atoms with Gasteiger partial charge < -0.3 is 9.17 Å². The quantitative estimate of drug-likeness (QED) is 0.356. The molecule has 1 N–H and O–H groups in total. The predicted octanol–water partition coefficient (Wildman–Crippen LogP) is 6.12. The van der Waals surface area contributed by atoms with Crippen LogP contribution in [0.1, 0.15) is 55.0 Å². The number of alkyl halides is 3. The maximum atomic E-state index is 12.8. The molecule has 33 heavy (non-hydrogen) atoms. The molecular formula is C24H23F3N2O3S. The maximum Gasteiger partial charge on any atom is 0.534 e. The molecule has 2 aromatic carbocycles. The van der Waals surface area contributed by atoms with Gasteiger partial charge in [0.25, 0.3) is 0 Å². The lowest BCUT2D eigenvalue weighted by molar-refractivity contribution is -0.0500. The molecule has 1 aromatic heterocycles. The Balaban J connectivity index is 1.42. The minimum atomic E-state index is -5.70. The van der Waals surface area contributed by atoms with E-state index in [2.05, 4.69) is 14.2 Å². The Morgan fingerprint density at radius 1 is 0.909 bits per heavy atom. The van der Waals surface area contributed by atoms with E-state index >= 15 is 0 Å². The molecule has 0 radical (unpaired) electrons. The Kier molecular flexibility index (Phi) is 5.47. The molecule has 0 amide bonds. The number of hydrogen-bond donors (Lipinski definition) is 1. The van der Waals surface area contributed by atoms with Crippen molar-refractivity contribution in [3.05, 3.63) is 59.5 Å². The van der Waals surface area contributed by atoms with Gasteiger partial charge in [0.15, 0.2) is 0 Å². The number of aromatic amines is 1. The van der Waals surface area contributed by atoms with E-state index in [-0.39, 0.29) is 5.75 Å². The maximum absolute atomic E-state index is 12.8. The summed E-state index contributed by atoms with van der Waals surface area (Å²) in [5, 5.41) is 0. The van der Waals surface area contributed by atoms with E-state index in [0.29, 0.717) is 24.3 Å². The zero-order valence-electron chi connectivity index (χ0n) is 17.8. The fourth-order valence-corrected chi connectivity index (χ4v) is 5.39. The van der Waals surface area contributed by atoms with E-state index < -0.39 is 15.6 Å². The van der Waals surface area contributed by atoms with Crippen LogP contribution in [0.25, 0.3) is 22.4 Å². The highest BCUT2D eigenvalue weighted by molar-refractivity contribution is 7.88. The van der Waals surface area contributed by atoms with Gasteiger partial charge in [-0.1, -0.05) is 43.2 Å². The first-order valence-corrected chi connectivity index (χ1v) is 12.4. The largest absolute Gasteiger partial charge is 0.534 e. The van der Waals surface area contributed by atoms with E-state index in [4.69, 9.17) is 0 Å². The van der Waals surface area contributed by atoms with Crippen LogP contribution in [0.15, 0.2) is 42.6 Å². The van der Waals surface area contributed by atoms with Gasteiger partial charge in [-0.15, -0.1) is 0 Å². The molecular weight excluding hydrogens is 453 g/mol. The highest BCUT2D eigenvalue weighted by Crippen LogP contribution is 2.40. The molecule has 2 aliphatic rings. The molecule has 1 saturated carbocycles. The van der Waals surface area contributed by atoms with Gasteiger partial charge in [-0.25, -0.2) is 4.98 Å². The lowest BCUT2D eigenvalue weighted by Crippen LogP contribution is -2.28. The minimum Gasteiger partial charge on any atom is -0.376 e. The molecule has 5 rings (SSSR count). The molecule has 1 heterocycles. The number of aromatic nitrogens is 2. The molecule has 0 spiro atoms. The van der Waals surface area contributed by atoms with Gasteiger partial charge in [0.2, 0.25) is 0 Å².